The highest BCUT2D eigenvalue weighted by molar-refractivity contribution is 5.73. The third-order valence-corrected chi connectivity index (χ3v) is 5.32. The van der Waals surface area contributed by atoms with Gasteiger partial charge in [-0.05, 0) is 64.0 Å². The molecule has 1 atom stereocenters. The molecule has 2 aliphatic heterocycles. The average Bonchev–Trinajstić information content (AvgIpc) is 2.60. The van der Waals surface area contributed by atoms with Crippen LogP contribution >= 0.6 is 0 Å². The second-order valence-corrected chi connectivity index (χ2v) is 7.60. The van der Waals surface area contributed by atoms with E-state index in [0.717, 1.165) is 56.5 Å². The zero-order valence-electron chi connectivity index (χ0n) is 15.4. The van der Waals surface area contributed by atoms with Crippen molar-refractivity contribution in [3.8, 4) is 0 Å². The van der Waals surface area contributed by atoms with E-state index in [0.29, 0.717) is 12.3 Å². The summed E-state index contributed by atoms with van der Waals surface area (Å²) in [5, 5.41) is 0. The molecule has 1 amide bonds. The lowest BCUT2D eigenvalue weighted by Crippen LogP contribution is -2.36. The normalized spacial score (nSPS) is 22.1. The van der Waals surface area contributed by atoms with E-state index in [2.05, 4.69) is 27.8 Å². The molecule has 3 heterocycles. The molecule has 1 aromatic heterocycles. The predicted molar refractivity (Wildman–Crippen MR) is 99.3 cm³/mol. The number of amides is 1. The van der Waals surface area contributed by atoms with Gasteiger partial charge < -0.3 is 10.6 Å². The summed E-state index contributed by atoms with van der Waals surface area (Å²) in [6, 6.07) is 2.11. The van der Waals surface area contributed by atoms with Crippen LogP contribution in [0.25, 0.3) is 0 Å². The lowest BCUT2D eigenvalue weighted by Gasteiger charge is -2.33. The highest BCUT2D eigenvalue weighted by Gasteiger charge is 2.21. The maximum absolute atomic E-state index is 11.0. The van der Waals surface area contributed by atoms with E-state index in [1.54, 1.807) is 0 Å². The summed E-state index contributed by atoms with van der Waals surface area (Å²) in [6.45, 7) is 7.22. The molecule has 2 N–H and O–H groups in total. The van der Waals surface area contributed by atoms with Gasteiger partial charge in [0.2, 0.25) is 11.9 Å². The van der Waals surface area contributed by atoms with Crippen molar-refractivity contribution in [2.24, 2.45) is 11.7 Å². The molecule has 2 fully saturated rings. The zero-order valence-corrected chi connectivity index (χ0v) is 15.4. The summed E-state index contributed by atoms with van der Waals surface area (Å²) in [4.78, 5) is 25.3. The molecular weight excluding hydrogens is 314 g/mol. The van der Waals surface area contributed by atoms with E-state index in [1.165, 1.54) is 32.1 Å². The van der Waals surface area contributed by atoms with Crippen molar-refractivity contribution in [3.63, 3.8) is 0 Å². The molecule has 0 unspecified atom stereocenters. The van der Waals surface area contributed by atoms with Crippen molar-refractivity contribution >= 4 is 11.9 Å². The van der Waals surface area contributed by atoms with Crippen LogP contribution in [-0.4, -0.2) is 47.0 Å². The first-order valence-electron chi connectivity index (χ1n) is 9.70. The SMILES string of the molecule is Cc1cc(CN2CCC[C@@H](CCC(N)=O)C2)nc(N2CCCCC2)n1. The Kier molecular flexibility index (Phi) is 6.24. The van der Waals surface area contributed by atoms with Gasteiger partial charge in [0, 0.05) is 38.3 Å². The molecule has 0 spiro atoms. The molecule has 0 aromatic carbocycles. The molecule has 0 bridgehead atoms. The number of anilines is 1. The standard InChI is InChI=1S/C19H31N5O/c1-15-12-17(22-19(21-15)24-10-3-2-4-11-24)14-23-9-5-6-16(13-23)7-8-18(20)25/h12,16H,2-11,13-14H2,1H3,(H2,20,25)/t16-/m0/s1. The van der Waals surface area contributed by atoms with E-state index in [4.69, 9.17) is 10.7 Å². The highest BCUT2D eigenvalue weighted by atomic mass is 16.1. The maximum Gasteiger partial charge on any atom is 0.225 e. The van der Waals surface area contributed by atoms with E-state index < -0.39 is 0 Å². The first-order valence-corrected chi connectivity index (χ1v) is 9.70. The van der Waals surface area contributed by atoms with Crippen LogP contribution in [0.2, 0.25) is 0 Å². The minimum absolute atomic E-state index is 0.185. The van der Waals surface area contributed by atoms with Crippen molar-refractivity contribution < 1.29 is 4.79 Å². The first-order chi connectivity index (χ1) is 12.1. The topological polar surface area (TPSA) is 75.3 Å². The Hall–Kier alpha value is -1.69. The van der Waals surface area contributed by atoms with Gasteiger partial charge in [-0.1, -0.05) is 0 Å². The summed E-state index contributed by atoms with van der Waals surface area (Å²) in [5.74, 6) is 1.29. The molecule has 6 heteroatoms. The number of nitrogens with zero attached hydrogens (tertiary/aromatic N) is 4. The number of carbonyl (C=O) groups is 1. The van der Waals surface area contributed by atoms with Crippen LogP contribution in [0.15, 0.2) is 6.07 Å². The molecule has 25 heavy (non-hydrogen) atoms. The molecule has 2 saturated heterocycles. The van der Waals surface area contributed by atoms with Crippen molar-refractivity contribution in [3.05, 3.63) is 17.5 Å². The van der Waals surface area contributed by atoms with Crippen LogP contribution in [0.1, 0.15) is 56.3 Å². The Morgan fingerprint density at radius 3 is 2.76 bits per heavy atom. The van der Waals surface area contributed by atoms with E-state index in [9.17, 15) is 4.79 Å². The number of piperidine rings is 2. The molecule has 6 nitrogen and oxygen atoms in total. The summed E-state index contributed by atoms with van der Waals surface area (Å²) >= 11 is 0. The fourth-order valence-corrected chi connectivity index (χ4v) is 4.04. The Morgan fingerprint density at radius 2 is 2.00 bits per heavy atom. The van der Waals surface area contributed by atoms with Crippen LogP contribution in [0.3, 0.4) is 0 Å². The number of hydrogen-bond acceptors (Lipinski definition) is 5. The summed E-state index contributed by atoms with van der Waals surface area (Å²) in [5.41, 5.74) is 7.46. The van der Waals surface area contributed by atoms with Crippen molar-refractivity contribution in [2.45, 2.75) is 58.4 Å². The fraction of sp³-hybridized carbons (Fsp3) is 0.737. The number of hydrogen-bond donors (Lipinski definition) is 1. The van der Waals surface area contributed by atoms with Gasteiger partial charge in [-0.3, -0.25) is 9.69 Å². The van der Waals surface area contributed by atoms with E-state index in [-0.39, 0.29) is 5.91 Å². The van der Waals surface area contributed by atoms with Gasteiger partial charge >= 0.3 is 0 Å². The Bertz CT molecular complexity index is 585. The number of nitrogens with two attached hydrogens (primary N) is 1. The minimum atomic E-state index is -0.185. The van der Waals surface area contributed by atoms with Crippen LogP contribution in [0, 0.1) is 12.8 Å². The number of rotatable bonds is 6. The first kappa shape index (κ1) is 18.1. The molecule has 2 aliphatic rings. The third kappa shape index (κ3) is 5.39. The van der Waals surface area contributed by atoms with Crippen LogP contribution in [0.5, 0.6) is 0 Å². The lowest BCUT2D eigenvalue weighted by molar-refractivity contribution is -0.118. The number of aromatic nitrogens is 2. The Labute approximate surface area is 150 Å². The summed E-state index contributed by atoms with van der Waals surface area (Å²) in [6.07, 6.45) is 7.59. The van der Waals surface area contributed by atoms with Crippen LogP contribution < -0.4 is 10.6 Å². The second kappa shape index (κ2) is 8.61. The monoisotopic (exact) mass is 345 g/mol. The van der Waals surface area contributed by atoms with Gasteiger partial charge in [0.15, 0.2) is 0 Å². The van der Waals surface area contributed by atoms with Crippen molar-refractivity contribution in [1.29, 1.82) is 0 Å². The Morgan fingerprint density at radius 1 is 1.20 bits per heavy atom. The quantitative estimate of drug-likeness (QED) is 0.856. The van der Waals surface area contributed by atoms with Gasteiger partial charge in [-0.15, -0.1) is 0 Å². The molecule has 0 aliphatic carbocycles. The van der Waals surface area contributed by atoms with Crippen molar-refractivity contribution in [1.82, 2.24) is 14.9 Å². The average molecular weight is 345 g/mol. The fourth-order valence-electron chi connectivity index (χ4n) is 4.04. The largest absolute Gasteiger partial charge is 0.370 e. The molecule has 0 radical (unpaired) electrons. The van der Waals surface area contributed by atoms with Crippen molar-refractivity contribution in [2.75, 3.05) is 31.1 Å². The molecule has 0 saturated carbocycles. The van der Waals surface area contributed by atoms with Gasteiger partial charge in [0.05, 0.1) is 5.69 Å². The second-order valence-electron chi connectivity index (χ2n) is 7.60. The molecule has 138 valence electrons. The maximum atomic E-state index is 11.0. The number of carbonyl (C=O) groups excluding carboxylic acids is 1. The van der Waals surface area contributed by atoms with E-state index >= 15 is 0 Å². The third-order valence-electron chi connectivity index (χ3n) is 5.32. The van der Waals surface area contributed by atoms with Crippen LogP contribution in [-0.2, 0) is 11.3 Å². The van der Waals surface area contributed by atoms with Gasteiger partial charge in [-0.25, -0.2) is 9.97 Å². The summed E-state index contributed by atoms with van der Waals surface area (Å²) < 4.78 is 0. The predicted octanol–water partition coefficient (Wildman–Crippen LogP) is 2.25. The van der Waals surface area contributed by atoms with Gasteiger partial charge in [-0.2, -0.15) is 0 Å². The Balaban J connectivity index is 1.61. The zero-order chi connectivity index (χ0) is 17.6. The highest BCUT2D eigenvalue weighted by Crippen LogP contribution is 2.23. The number of aryl methyl sites for hydroxylation is 1. The number of likely N-dealkylation sites (tertiary alicyclic amines) is 1. The number of primary amides is 1. The van der Waals surface area contributed by atoms with Crippen LogP contribution in [0.4, 0.5) is 5.95 Å². The van der Waals surface area contributed by atoms with Gasteiger partial charge in [0.1, 0.15) is 0 Å². The smallest absolute Gasteiger partial charge is 0.225 e. The molecule has 1 aromatic rings. The molecular formula is C19H31N5O. The van der Waals surface area contributed by atoms with Gasteiger partial charge in [0.25, 0.3) is 0 Å². The summed E-state index contributed by atoms with van der Waals surface area (Å²) in [7, 11) is 0. The van der Waals surface area contributed by atoms with E-state index in [1.807, 2.05) is 0 Å². The minimum Gasteiger partial charge on any atom is -0.370 e. The lowest BCUT2D eigenvalue weighted by atomic mass is 9.93. The molecule has 3 rings (SSSR count).